The number of nitrogens with two attached hydrogens (primary N) is 1. The smallest absolute Gasteiger partial charge is 0.222 e. The van der Waals surface area contributed by atoms with Gasteiger partial charge in [0.25, 0.3) is 0 Å². The van der Waals surface area contributed by atoms with Crippen LogP contribution in [0, 0.1) is 5.92 Å². The zero-order valence-electron chi connectivity index (χ0n) is 9.53. The lowest BCUT2D eigenvalue weighted by atomic mass is 10.2. The summed E-state index contributed by atoms with van der Waals surface area (Å²) in [7, 11) is 0. The van der Waals surface area contributed by atoms with Crippen molar-refractivity contribution in [3.63, 3.8) is 0 Å². The molecule has 0 atom stereocenters. The van der Waals surface area contributed by atoms with E-state index in [0.717, 1.165) is 6.61 Å². The van der Waals surface area contributed by atoms with Gasteiger partial charge < -0.3 is 15.8 Å². The average Bonchev–Trinajstić information content (AvgIpc) is 2.22. The van der Waals surface area contributed by atoms with Gasteiger partial charge in [0, 0.05) is 13.2 Å². The minimum Gasteiger partial charge on any atom is -0.379 e. The van der Waals surface area contributed by atoms with Crippen LogP contribution in [-0.4, -0.2) is 29.7 Å². The largest absolute Gasteiger partial charge is 0.379 e. The van der Waals surface area contributed by atoms with Crippen molar-refractivity contribution >= 4 is 23.4 Å². The molecular formula is C10H17ClN4O. The van der Waals surface area contributed by atoms with E-state index in [4.69, 9.17) is 22.1 Å². The van der Waals surface area contributed by atoms with Crippen LogP contribution in [0.4, 0.5) is 11.8 Å². The molecule has 0 saturated heterocycles. The molecule has 0 aliphatic carbocycles. The number of nitrogen functional groups attached to an aromatic ring is 1. The van der Waals surface area contributed by atoms with Crippen molar-refractivity contribution in [2.75, 3.05) is 30.8 Å². The van der Waals surface area contributed by atoms with Crippen molar-refractivity contribution in [3.8, 4) is 0 Å². The highest BCUT2D eigenvalue weighted by Crippen LogP contribution is 2.17. The van der Waals surface area contributed by atoms with Gasteiger partial charge in [0.15, 0.2) is 5.82 Å². The van der Waals surface area contributed by atoms with E-state index in [1.807, 2.05) is 0 Å². The van der Waals surface area contributed by atoms with Crippen molar-refractivity contribution in [2.24, 2.45) is 5.92 Å². The van der Waals surface area contributed by atoms with Gasteiger partial charge in [-0.15, -0.1) is 0 Å². The maximum Gasteiger partial charge on any atom is 0.222 e. The third-order valence-electron chi connectivity index (χ3n) is 1.75. The second-order valence-corrected chi connectivity index (χ2v) is 4.23. The van der Waals surface area contributed by atoms with Crippen LogP contribution in [0.1, 0.15) is 13.8 Å². The first-order valence-electron chi connectivity index (χ1n) is 5.19. The van der Waals surface area contributed by atoms with Crippen LogP contribution in [0.2, 0.25) is 5.02 Å². The fourth-order valence-corrected chi connectivity index (χ4v) is 1.22. The lowest BCUT2D eigenvalue weighted by molar-refractivity contribution is 0.118. The van der Waals surface area contributed by atoms with Gasteiger partial charge in [-0.05, 0) is 5.92 Å². The number of halogens is 1. The summed E-state index contributed by atoms with van der Waals surface area (Å²) in [4.78, 5) is 7.74. The molecule has 0 aliphatic heterocycles. The zero-order chi connectivity index (χ0) is 12.0. The standard InChI is InChI=1S/C10H17ClN4O/c1-7(2)6-16-4-3-13-9-8(11)5-14-10(12)15-9/h5,7H,3-4,6H2,1-2H3,(H3,12,13,14,15). The number of ether oxygens (including phenoxy) is 1. The Labute approximate surface area is 100 Å². The number of hydrogen-bond donors (Lipinski definition) is 2. The highest BCUT2D eigenvalue weighted by Gasteiger charge is 2.02. The van der Waals surface area contributed by atoms with E-state index in [1.54, 1.807) is 0 Å². The summed E-state index contributed by atoms with van der Waals surface area (Å²) in [6, 6.07) is 0. The summed E-state index contributed by atoms with van der Waals surface area (Å²) in [5, 5.41) is 3.50. The van der Waals surface area contributed by atoms with Crippen LogP contribution < -0.4 is 11.1 Å². The van der Waals surface area contributed by atoms with Gasteiger partial charge in [-0.3, -0.25) is 0 Å². The minimum absolute atomic E-state index is 0.204. The first kappa shape index (κ1) is 13.0. The number of anilines is 2. The monoisotopic (exact) mass is 244 g/mol. The molecule has 90 valence electrons. The molecular weight excluding hydrogens is 228 g/mol. The molecule has 1 rings (SSSR count). The first-order chi connectivity index (χ1) is 7.59. The summed E-state index contributed by atoms with van der Waals surface area (Å²) in [6.45, 7) is 6.22. The van der Waals surface area contributed by atoms with Gasteiger partial charge in [-0.1, -0.05) is 25.4 Å². The minimum atomic E-state index is 0.204. The summed E-state index contributed by atoms with van der Waals surface area (Å²) >= 11 is 5.88. The molecule has 0 aromatic carbocycles. The van der Waals surface area contributed by atoms with Crippen molar-refractivity contribution < 1.29 is 4.74 Å². The fourth-order valence-electron chi connectivity index (χ4n) is 1.07. The topological polar surface area (TPSA) is 73.1 Å². The third kappa shape index (κ3) is 4.63. The van der Waals surface area contributed by atoms with Crippen LogP contribution in [0.25, 0.3) is 0 Å². The van der Waals surface area contributed by atoms with E-state index in [2.05, 4.69) is 29.1 Å². The molecule has 0 unspecified atom stereocenters. The summed E-state index contributed by atoms with van der Waals surface area (Å²) in [6.07, 6.45) is 1.47. The highest BCUT2D eigenvalue weighted by molar-refractivity contribution is 6.32. The molecule has 0 saturated carbocycles. The highest BCUT2D eigenvalue weighted by atomic mass is 35.5. The normalized spacial score (nSPS) is 10.8. The molecule has 0 aliphatic rings. The summed E-state index contributed by atoms with van der Waals surface area (Å²) in [5.41, 5.74) is 5.45. The predicted octanol–water partition coefficient (Wildman–Crippen LogP) is 1.80. The second-order valence-electron chi connectivity index (χ2n) is 3.82. The van der Waals surface area contributed by atoms with E-state index in [0.29, 0.717) is 29.9 Å². The Kier molecular flexibility index (Phi) is 5.28. The van der Waals surface area contributed by atoms with Gasteiger partial charge in [-0.2, -0.15) is 4.98 Å². The number of nitrogens with one attached hydrogen (secondary N) is 1. The Bertz CT molecular complexity index is 333. The molecule has 0 bridgehead atoms. The molecule has 1 aromatic heterocycles. The number of nitrogens with zero attached hydrogens (tertiary/aromatic N) is 2. The van der Waals surface area contributed by atoms with Crippen LogP contribution in [0.15, 0.2) is 6.20 Å². The zero-order valence-corrected chi connectivity index (χ0v) is 10.3. The van der Waals surface area contributed by atoms with Gasteiger partial charge in [0.05, 0.1) is 12.8 Å². The van der Waals surface area contributed by atoms with Crippen LogP contribution in [-0.2, 0) is 4.74 Å². The van der Waals surface area contributed by atoms with E-state index in [1.165, 1.54) is 6.20 Å². The third-order valence-corrected chi connectivity index (χ3v) is 2.03. The van der Waals surface area contributed by atoms with Crippen molar-refractivity contribution in [1.29, 1.82) is 0 Å². The Morgan fingerprint density at radius 1 is 1.56 bits per heavy atom. The Morgan fingerprint density at radius 2 is 2.31 bits per heavy atom. The summed E-state index contributed by atoms with van der Waals surface area (Å²) in [5.74, 6) is 1.29. The van der Waals surface area contributed by atoms with E-state index < -0.39 is 0 Å². The first-order valence-corrected chi connectivity index (χ1v) is 5.57. The van der Waals surface area contributed by atoms with Crippen molar-refractivity contribution in [1.82, 2.24) is 9.97 Å². The molecule has 1 aromatic rings. The number of aromatic nitrogens is 2. The molecule has 16 heavy (non-hydrogen) atoms. The van der Waals surface area contributed by atoms with Gasteiger partial charge in [0.2, 0.25) is 5.95 Å². The predicted molar refractivity (Wildman–Crippen MR) is 65.6 cm³/mol. The quantitative estimate of drug-likeness (QED) is 0.747. The summed E-state index contributed by atoms with van der Waals surface area (Å²) < 4.78 is 5.41. The Hall–Kier alpha value is -1.07. The van der Waals surface area contributed by atoms with Crippen LogP contribution in [0.5, 0.6) is 0 Å². The van der Waals surface area contributed by atoms with E-state index in [9.17, 15) is 0 Å². The fraction of sp³-hybridized carbons (Fsp3) is 0.600. The second kappa shape index (κ2) is 6.50. The van der Waals surface area contributed by atoms with E-state index in [-0.39, 0.29) is 5.95 Å². The average molecular weight is 245 g/mol. The maximum atomic E-state index is 5.88. The Morgan fingerprint density at radius 3 is 3.00 bits per heavy atom. The molecule has 0 fully saturated rings. The molecule has 5 nitrogen and oxygen atoms in total. The van der Waals surface area contributed by atoms with Crippen LogP contribution >= 0.6 is 11.6 Å². The molecule has 3 N–H and O–H groups in total. The lowest BCUT2D eigenvalue weighted by Crippen LogP contribution is -2.13. The van der Waals surface area contributed by atoms with Gasteiger partial charge >= 0.3 is 0 Å². The van der Waals surface area contributed by atoms with E-state index >= 15 is 0 Å². The Balaban J connectivity index is 2.29. The number of hydrogen-bond acceptors (Lipinski definition) is 5. The van der Waals surface area contributed by atoms with Gasteiger partial charge in [0.1, 0.15) is 5.02 Å². The van der Waals surface area contributed by atoms with Crippen molar-refractivity contribution in [3.05, 3.63) is 11.2 Å². The lowest BCUT2D eigenvalue weighted by Gasteiger charge is -2.09. The van der Waals surface area contributed by atoms with Crippen LogP contribution in [0.3, 0.4) is 0 Å². The SMILES string of the molecule is CC(C)COCCNc1nc(N)ncc1Cl. The molecule has 0 spiro atoms. The van der Waals surface area contributed by atoms with Crippen molar-refractivity contribution in [2.45, 2.75) is 13.8 Å². The molecule has 0 amide bonds. The molecule has 0 radical (unpaired) electrons. The maximum absolute atomic E-state index is 5.88. The number of rotatable bonds is 6. The molecule has 6 heteroatoms. The molecule has 1 heterocycles. The van der Waals surface area contributed by atoms with Gasteiger partial charge in [-0.25, -0.2) is 4.98 Å².